The average molecular weight is 440 g/mol. The normalized spacial score (nSPS) is 43.5. The molecular weight excluding hydrogens is 398 g/mol. The van der Waals surface area contributed by atoms with E-state index in [0.29, 0.717) is 29.2 Å². The summed E-state index contributed by atoms with van der Waals surface area (Å²) in [5, 5.41) is 22.2. The minimum Gasteiger partial charge on any atom is -0.504 e. The number of phenolic OH excluding ortho intramolecular Hbond substituents is 1. The number of aliphatic hydroxyl groups is 1. The van der Waals surface area contributed by atoms with Crippen molar-refractivity contribution in [3.63, 3.8) is 0 Å². The molecule has 5 rings (SSSR count). The number of rotatable bonds is 4. The van der Waals surface area contributed by atoms with Crippen LogP contribution in [-0.4, -0.2) is 35.7 Å². The van der Waals surface area contributed by atoms with Gasteiger partial charge in [-0.25, -0.2) is 0 Å². The number of benzene rings is 1. The molecule has 1 aromatic rings. The minimum atomic E-state index is -0.752. The zero-order valence-corrected chi connectivity index (χ0v) is 20.1. The molecule has 0 radical (unpaired) electrons. The average Bonchev–Trinajstić information content (AvgIpc) is 3.05. The Kier molecular flexibility index (Phi) is 5.59. The van der Waals surface area contributed by atoms with Crippen molar-refractivity contribution in [2.45, 2.75) is 83.7 Å². The van der Waals surface area contributed by atoms with E-state index in [2.05, 4.69) is 18.8 Å². The lowest BCUT2D eigenvalue weighted by Gasteiger charge is -2.61. The highest BCUT2D eigenvalue weighted by Crippen LogP contribution is 2.68. The lowest BCUT2D eigenvalue weighted by molar-refractivity contribution is -0.147. The first-order valence-electron chi connectivity index (χ1n) is 12.9. The van der Waals surface area contributed by atoms with Gasteiger partial charge in [0.05, 0.1) is 19.3 Å². The van der Waals surface area contributed by atoms with Gasteiger partial charge in [-0.3, -0.25) is 4.99 Å². The highest BCUT2D eigenvalue weighted by molar-refractivity contribution is 5.84. The molecule has 0 saturated heterocycles. The predicted octanol–water partition coefficient (Wildman–Crippen LogP) is 5.98. The van der Waals surface area contributed by atoms with Gasteiger partial charge in [0.25, 0.3) is 0 Å². The summed E-state index contributed by atoms with van der Waals surface area (Å²) in [4.78, 5) is 4.66. The summed E-state index contributed by atoms with van der Waals surface area (Å²) in [5.41, 5.74) is 0.364. The van der Waals surface area contributed by atoms with Crippen LogP contribution >= 0.6 is 0 Å². The van der Waals surface area contributed by atoms with Gasteiger partial charge in [-0.1, -0.05) is 32.8 Å². The molecule has 0 aromatic heterocycles. The summed E-state index contributed by atoms with van der Waals surface area (Å²) in [6.07, 6.45) is 14.5. The van der Waals surface area contributed by atoms with E-state index in [1.165, 1.54) is 44.9 Å². The number of nitrogens with zero attached hydrogens (tertiary/aromatic N) is 1. The Balaban J connectivity index is 1.34. The fourth-order valence-electron chi connectivity index (χ4n) is 8.77. The topological polar surface area (TPSA) is 62.0 Å². The largest absolute Gasteiger partial charge is 0.504 e. The first kappa shape index (κ1) is 22.3. The molecule has 4 fully saturated rings. The van der Waals surface area contributed by atoms with Crippen LogP contribution in [0.25, 0.3) is 0 Å². The zero-order valence-electron chi connectivity index (χ0n) is 20.1. The number of aromatic hydroxyl groups is 1. The maximum Gasteiger partial charge on any atom is 0.166 e. The standard InChI is InChI=1S/C28H41NO3/c1-26-14-5-4-8-20(26)10-11-21-22(26)12-15-27(2)23(21)13-16-28(27,31)18-29-17-19-7-6-9-24(32-3)25(19)30/h6-7,9,17,20-23,30-31H,4-5,8,10-16,18H2,1-3H3/t20-,21-,22-,23+,26-,27+,28-/m0/s1. The van der Waals surface area contributed by atoms with Crippen molar-refractivity contribution in [3.05, 3.63) is 23.8 Å². The number of ether oxygens (including phenoxy) is 1. The molecule has 0 unspecified atom stereocenters. The Morgan fingerprint density at radius 1 is 1.03 bits per heavy atom. The fraction of sp³-hybridized carbons (Fsp3) is 0.750. The number of phenols is 1. The van der Waals surface area contributed by atoms with Crippen molar-refractivity contribution in [2.24, 2.45) is 39.5 Å². The molecule has 4 aliphatic carbocycles. The van der Waals surface area contributed by atoms with E-state index in [-0.39, 0.29) is 11.2 Å². The van der Waals surface area contributed by atoms with Crippen LogP contribution in [-0.2, 0) is 0 Å². The van der Waals surface area contributed by atoms with Crippen LogP contribution in [0.4, 0.5) is 0 Å². The smallest absolute Gasteiger partial charge is 0.166 e. The van der Waals surface area contributed by atoms with E-state index < -0.39 is 5.60 Å². The number of para-hydroxylation sites is 1. The molecule has 7 atom stereocenters. The van der Waals surface area contributed by atoms with E-state index in [1.54, 1.807) is 19.4 Å². The van der Waals surface area contributed by atoms with Crippen molar-refractivity contribution in [1.29, 1.82) is 0 Å². The molecule has 0 heterocycles. The molecule has 32 heavy (non-hydrogen) atoms. The third-order valence-corrected chi connectivity index (χ3v) is 10.7. The number of fused-ring (bicyclic) bond motifs is 5. The summed E-state index contributed by atoms with van der Waals surface area (Å²) in [5.74, 6) is 3.73. The van der Waals surface area contributed by atoms with Gasteiger partial charge < -0.3 is 14.9 Å². The Hall–Kier alpha value is -1.55. The molecule has 4 saturated carbocycles. The van der Waals surface area contributed by atoms with Gasteiger partial charge in [0.1, 0.15) is 0 Å². The summed E-state index contributed by atoms with van der Waals surface area (Å²) in [7, 11) is 1.55. The molecule has 2 N–H and O–H groups in total. The SMILES string of the molecule is COc1cccc(C=NC[C@@]2(O)CC[C@@H]3[C@H]4CC[C@@H]5CCCC[C@]5(C)[C@H]4CC[C@]32C)c1O. The molecule has 0 aliphatic heterocycles. The van der Waals surface area contributed by atoms with Crippen LogP contribution in [0, 0.1) is 34.5 Å². The van der Waals surface area contributed by atoms with E-state index in [4.69, 9.17) is 4.74 Å². The quantitative estimate of drug-likeness (QED) is 0.567. The van der Waals surface area contributed by atoms with Gasteiger partial charge in [-0.05, 0) is 92.6 Å². The van der Waals surface area contributed by atoms with Crippen molar-refractivity contribution in [3.8, 4) is 11.5 Å². The number of methoxy groups -OCH3 is 1. The zero-order chi connectivity index (χ0) is 22.6. The highest BCUT2D eigenvalue weighted by Gasteiger charge is 2.64. The molecule has 0 spiro atoms. The van der Waals surface area contributed by atoms with Crippen LogP contribution in [0.1, 0.15) is 83.6 Å². The Morgan fingerprint density at radius 2 is 1.84 bits per heavy atom. The number of hydrogen-bond acceptors (Lipinski definition) is 4. The molecule has 4 aliphatic rings. The molecule has 4 nitrogen and oxygen atoms in total. The second-order valence-corrected chi connectivity index (χ2v) is 11.8. The van der Waals surface area contributed by atoms with Gasteiger partial charge >= 0.3 is 0 Å². The molecule has 0 amide bonds. The second kappa shape index (κ2) is 8.04. The Morgan fingerprint density at radius 3 is 2.66 bits per heavy atom. The fourth-order valence-corrected chi connectivity index (χ4v) is 8.77. The Labute approximate surface area is 193 Å². The first-order valence-corrected chi connectivity index (χ1v) is 12.9. The molecule has 1 aromatic carbocycles. The highest BCUT2D eigenvalue weighted by atomic mass is 16.5. The number of aliphatic imine (C=N–C) groups is 1. The summed E-state index contributed by atoms with van der Waals surface area (Å²) in [6.45, 7) is 5.38. The Bertz CT molecular complexity index is 883. The van der Waals surface area contributed by atoms with Gasteiger partial charge in [0.15, 0.2) is 11.5 Å². The summed E-state index contributed by atoms with van der Waals surface area (Å²) in [6, 6.07) is 5.42. The molecule has 0 bridgehead atoms. The van der Waals surface area contributed by atoms with Gasteiger partial charge in [0, 0.05) is 17.2 Å². The molecular formula is C28H41NO3. The van der Waals surface area contributed by atoms with E-state index in [1.807, 2.05) is 12.1 Å². The van der Waals surface area contributed by atoms with E-state index in [0.717, 1.165) is 37.0 Å². The van der Waals surface area contributed by atoms with Crippen LogP contribution in [0.2, 0.25) is 0 Å². The second-order valence-electron chi connectivity index (χ2n) is 11.8. The lowest BCUT2D eigenvalue weighted by Crippen LogP contribution is -2.56. The molecule has 4 heteroatoms. The van der Waals surface area contributed by atoms with Crippen LogP contribution in [0.15, 0.2) is 23.2 Å². The predicted molar refractivity (Wildman–Crippen MR) is 128 cm³/mol. The van der Waals surface area contributed by atoms with E-state index >= 15 is 0 Å². The van der Waals surface area contributed by atoms with Crippen LogP contribution in [0.5, 0.6) is 11.5 Å². The monoisotopic (exact) mass is 439 g/mol. The first-order chi connectivity index (χ1) is 15.3. The van der Waals surface area contributed by atoms with Gasteiger partial charge in [-0.2, -0.15) is 0 Å². The maximum absolute atomic E-state index is 11.9. The van der Waals surface area contributed by atoms with Crippen molar-refractivity contribution < 1.29 is 14.9 Å². The van der Waals surface area contributed by atoms with Crippen LogP contribution in [0.3, 0.4) is 0 Å². The van der Waals surface area contributed by atoms with Gasteiger partial charge in [-0.15, -0.1) is 0 Å². The lowest BCUT2D eigenvalue weighted by atomic mass is 9.44. The maximum atomic E-state index is 11.9. The van der Waals surface area contributed by atoms with E-state index in [9.17, 15) is 10.2 Å². The third kappa shape index (κ3) is 3.23. The molecule has 176 valence electrons. The summed E-state index contributed by atoms with van der Waals surface area (Å²) >= 11 is 0. The van der Waals surface area contributed by atoms with Gasteiger partial charge in [0.2, 0.25) is 0 Å². The number of hydrogen-bond donors (Lipinski definition) is 2. The van der Waals surface area contributed by atoms with Crippen LogP contribution < -0.4 is 4.74 Å². The van der Waals surface area contributed by atoms with Crippen molar-refractivity contribution in [1.82, 2.24) is 0 Å². The van der Waals surface area contributed by atoms with Crippen molar-refractivity contribution in [2.75, 3.05) is 13.7 Å². The minimum absolute atomic E-state index is 0.0558. The summed E-state index contributed by atoms with van der Waals surface area (Å²) < 4.78 is 5.21. The third-order valence-electron chi connectivity index (χ3n) is 10.7. The van der Waals surface area contributed by atoms with Crippen molar-refractivity contribution >= 4 is 6.21 Å².